The number of piperazine rings is 1. The number of ether oxygens (including phenoxy) is 3. The second-order valence-electron chi connectivity index (χ2n) is 12.3. The summed E-state index contributed by atoms with van der Waals surface area (Å²) in [5.74, 6) is 1.18. The molecule has 1 aliphatic heterocycles. The fraction of sp³-hybridized carbons (Fsp3) is 0.220. The van der Waals surface area contributed by atoms with Crippen molar-refractivity contribution in [1.29, 1.82) is 0 Å². The molecule has 11 heteroatoms. The zero-order valence-electron chi connectivity index (χ0n) is 28.6. The molecule has 1 amide bonds. The number of nitrogens with zero attached hydrogens (tertiary/aromatic N) is 3. The van der Waals surface area contributed by atoms with Gasteiger partial charge in [0, 0.05) is 55.5 Å². The molecule has 1 saturated heterocycles. The van der Waals surface area contributed by atoms with Gasteiger partial charge in [0.15, 0.2) is 5.75 Å². The van der Waals surface area contributed by atoms with E-state index >= 15 is 0 Å². The van der Waals surface area contributed by atoms with Gasteiger partial charge in [0.1, 0.15) is 18.2 Å². The van der Waals surface area contributed by atoms with Crippen LogP contribution in [0.2, 0.25) is 10.0 Å². The monoisotopic (exact) mass is 761 g/mol. The molecule has 0 spiro atoms. The number of aromatic nitrogens is 1. The summed E-state index contributed by atoms with van der Waals surface area (Å²) in [4.78, 5) is 21.6. The van der Waals surface area contributed by atoms with Crippen LogP contribution in [0.5, 0.6) is 17.4 Å². The lowest BCUT2D eigenvalue weighted by Gasteiger charge is -2.34. The van der Waals surface area contributed by atoms with Crippen LogP contribution in [0.3, 0.4) is 0 Å². The number of benzene rings is 4. The number of hydrogen-bond acceptors (Lipinski definition) is 6. The fourth-order valence-electron chi connectivity index (χ4n) is 5.64. The van der Waals surface area contributed by atoms with E-state index in [9.17, 15) is 9.18 Å². The first-order chi connectivity index (χ1) is 24.8. The van der Waals surface area contributed by atoms with Crippen molar-refractivity contribution in [2.75, 3.05) is 26.2 Å². The van der Waals surface area contributed by atoms with Gasteiger partial charge >= 0.3 is 0 Å². The Hall–Kier alpha value is -4.44. The van der Waals surface area contributed by atoms with Gasteiger partial charge in [-0.05, 0) is 77.2 Å². The SMILES string of the molecule is Cc1cc(C=CC(=O)N2CCN(Cc3ccc(COCc4ccc(F)cc4)cc3)CC2)cc(Cl)c1Oc1ccc(OCc2ccccc2Cl)cn1.Cl. The summed E-state index contributed by atoms with van der Waals surface area (Å²) in [7, 11) is 0. The molecule has 1 aromatic heterocycles. The Morgan fingerprint density at radius 1 is 0.827 bits per heavy atom. The smallest absolute Gasteiger partial charge is 0.246 e. The molecule has 0 radical (unpaired) electrons. The van der Waals surface area contributed by atoms with Gasteiger partial charge in [0.05, 0.1) is 24.4 Å². The lowest BCUT2D eigenvalue weighted by molar-refractivity contribution is -0.127. The maximum Gasteiger partial charge on any atom is 0.246 e. The van der Waals surface area contributed by atoms with Crippen molar-refractivity contribution >= 4 is 47.6 Å². The molecule has 52 heavy (non-hydrogen) atoms. The summed E-state index contributed by atoms with van der Waals surface area (Å²) in [5.41, 5.74) is 5.74. The fourth-order valence-corrected chi connectivity index (χ4v) is 6.15. The largest absolute Gasteiger partial charge is 0.487 e. The zero-order valence-corrected chi connectivity index (χ0v) is 31.0. The number of amides is 1. The molecule has 0 bridgehead atoms. The molecule has 7 nitrogen and oxygen atoms in total. The molecule has 0 saturated carbocycles. The Kier molecular flexibility index (Phi) is 14.1. The van der Waals surface area contributed by atoms with Crippen molar-refractivity contribution in [3.8, 4) is 17.4 Å². The van der Waals surface area contributed by atoms with E-state index in [0.29, 0.717) is 60.3 Å². The normalized spacial score (nSPS) is 13.2. The number of hydrogen-bond donors (Lipinski definition) is 0. The lowest BCUT2D eigenvalue weighted by atomic mass is 10.1. The predicted octanol–water partition coefficient (Wildman–Crippen LogP) is 9.70. The van der Waals surface area contributed by atoms with Gasteiger partial charge in [-0.25, -0.2) is 9.37 Å². The maximum atomic E-state index is 13.1. The van der Waals surface area contributed by atoms with Crippen molar-refractivity contribution in [3.63, 3.8) is 0 Å². The summed E-state index contributed by atoms with van der Waals surface area (Å²) in [6.45, 7) is 6.87. The first-order valence-corrected chi connectivity index (χ1v) is 17.4. The van der Waals surface area contributed by atoms with Crippen molar-refractivity contribution in [2.45, 2.75) is 33.3 Å². The van der Waals surface area contributed by atoms with Gasteiger partial charge < -0.3 is 19.1 Å². The molecular formula is C41H39Cl3FN3O4. The van der Waals surface area contributed by atoms with Crippen LogP contribution in [0, 0.1) is 12.7 Å². The standard InChI is InChI=1S/C41H38Cl2FN3O4.ClH/c1-29-22-33(23-38(43)41(29)51-39-16-15-36(24-45-39)50-28-34-4-2-3-5-37(34)42)12-17-40(48)47-20-18-46(19-21-47)25-30-6-8-31(9-7-30)26-49-27-32-10-13-35(44)14-11-32;/h2-17,22-24H,18-21,25-28H2,1H3;1H. The minimum absolute atomic E-state index is 0. The van der Waals surface area contributed by atoms with Gasteiger partial charge in [-0.3, -0.25) is 9.69 Å². The van der Waals surface area contributed by atoms with E-state index < -0.39 is 0 Å². The van der Waals surface area contributed by atoms with Crippen LogP contribution in [0.15, 0.2) is 109 Å². The average Bonchev–Trinajstić information content (AvgIpc) is 3.14. The third-order valence-corrected chi connectivity index (χ3v) is 9.15. The van der Waals surface area contributed by atoms with E-state index in [1.807, 2.05) is 42.2 Å². The van der Waals surface area contributed by atoms with Crippen LogP contribution >= 0.6 is 35.6 Å². The molecule has 0 aliphatic carbocycles. The highest BCUT2D eigenvalue weighted by atomic mass is 35.5. The number of pyridine rings is 1. The van der Waals surface area contributed by atoms with Crippen LogP contribution < -0.4 is 9.47 Å². The van der Waals surface area contributed by atoms with E-state index in [2.05, 4.69) is 34.1 Å². The number of carbonyl (C=O) groups excluding carboxylic acids is 1. The molecular weight excluding hydrogens is 724 g/mol. The van der Waals surface area contributed by atoms with Gasteiger partial charge in [-0.15, -0.1) is 12.4 Å². The van der Waals surface area contributed by atoms with Crippen LogP contribution in [0.1, 0.15) is 33.4 Å². The molecule has 5 aromatic rings. The number of aryl methyl sites for hydroxylation is 1. The second-order valence-corrected chi connectivity index (χ2v) is 13.1. The first-order valence-electron chi connectivity index (χ1n) is 16.7. The quantitative estimate of drug-likeness (QED) is 0.111. The molecule has 0 atom stereocenters. The van der Waals surface area contributed by atoms with E-state index in [-0.39, 0.29) is 24.1 Å². The van der Waals surface area contributed by atoms with Gasteiger partial charge in [0.2, 0.25) is 11.8 Å². The Balaban J connectivity index is 0.00000523. The van der Waals surface area contributed by atoms with Gasteiger partial charge in [0.25, 0.3) is 0 Å². The minimum atomic E-state index is -0.249. The number of carbonyl (C=O) groups is 1. The number of rotatable bonds is 13. The molecule has 2 heterocycles. The summed E-state index contributed by atoms with van der Waals surface area (Å²) >= 11 is 12.8. The van der Waals surface area contributed by atoms with E-state index in [1.165, 1.54) is 17.7 Å². The maximum absolute atomic E-state index is 13.1. The zero-order chi connectivity index (χ0) is 35.6. The summed E-state index contributed by atoms with van der Waals surface area (Å²) < 4.78 is 30.7. The molecule has 6 rings (SSSR count). The van der Waals surface area contributed by atoms with E-state index in [4.69, 9.17) is 37.4 Å². The highest BCUT2D eigenvalue weighted by Crippen LogP contribution is 2.34. The van der Waals surface area contributed by atoms with E-state index in [1.54, 1.807) is 48.7 Å². The molecule has 0 unspecified atom stereocenters. The first kappa shape index (κ1) is 38.8. The molecule has 270 valence electrons. The van der Waals surface area contributed by atoms with E-state index in [0.717, 1.165) is 47.5 Å². The summed E-state index contributed by atoms with van der Waals surface area (Å²) in [6, 6.07) is 29.5. The molecule has 0 N–H and O–H groups in total. The van der Waals surface area contributed by atoms with Crippen molar-refractivity contribution in [3.05, 3.63) is 159 Å². The Morgan fingerprint density at radius 3 is 2.15 bits per heavy atom. The van der Waals surface area contributed by atoms with Crippen molar-refractivity contribution in [2.24, 2.45) is 0 Å². The third-order valence-electron chi connectivity index (χ3n) is 8.50. The van der Waals surface area contributed by atoms with Crippen LogP contribution in [-0.2, 0) is 35.9 Å². The van der Waals surface area contributed by atoms with Crippen molar-refractivity contribution in [1.82, 2.24) is 14.8 Å². The predicted molar refractivity (Wildman–Crippen MR) is 206 cm³/mol. The third kappa shape index (κ3) is 11.0. The average molecular weight is 763 g/mol. The Morgan fingerprint density at radius 2 is 1.50 bits per heavy atom. The Bertz CT molecular complexity index is 1930. The van der Waals surface area contributed by atoms with Gasteiger partial charge in [-0.2, -0.15) is 0 Å². The lowest BCUT2D eigenvalue weighted by Crippen LogP contribution is -2.47. The summed E-state index contributed by atoms with van der Waals surface area (Å²) in [6.07, 6.45) is 4.97. The minimum Gasteiger partial charge on any atom is -0.487 e. The highest BCUT2D eigenvalue weighted by molar-refractivity contribution is 6.32. The topological polar surface area (TPSA) is 64.1 Å². The van der Waals surface area contributed by atoms with Crippen molar-refractivity contribution < 1.29 is 23.4 Å². The van der Waals surface area contributed by atoms with Gasteiger partial charge in [-0.1, -0.05) is 77.8 Å². The molecule has 1 aliphatic rings. The molecule has 4 aromatic carbocycles. The molecule has 1 fully saturated rings. The second kappa shape index (κ2) is 18.9. The highest BCUT2D eigenvalue weighted by Gasteiger charge is 2.20. The summed E-state index contributed by atoms with van der Waals surface area (Å²) in [5, 5.41) is 1.07. The van der Waals surface area contributed by atoms with Crippen LogP contribution in [-0.4, -0.2) is 46.9 Å². The number of halogens is 4. The van der Waals surface area contributed by atoms with Crippen LogP contribution in [0.4, 0.5) is 4.39 Å². The van der Waals surface area contributed by atoms with Crippen LogP contribution in [0.25, 0.3) is 6.08 Å². The Labute approximate surface area is 320 Å².